The minimum absolute atomic E-state index is 0.00611. The van der Waals surface area contributed by atoms with Gasteiger partial charge < -0.3 is 9.51 Å². The highest BCUT2D eigenvalue weighted by Crippen LogP contribution is 2.18. The lowest BCUT2D eigenvalue weighted by atomic mass is 10.3. The highest BCUT2D eigenvalue weighted by molar-refractivity contribution is 6.33. The smallest absolute Gasteiger partial charge is 0.0992 e. The molecule has 0 radical (unpaired) electrons. The van der Waals surface area contributed by atoms with Crippen LogP contribution in [0.4, 0.5) is 0 Å². The van der Waals surface area contributed by atoms with Gasteiger partial charge in [0.15, 0.2) is 0 Å². The van der Waals surface area contributed by atoms with Crippen molar-refractivity contribution in [3.8, 4) is 0 Å². The van der Waals surface area contributed by atoms with E-state index in [1.54, 1.807) is 29.2 Å². The average molecular weight is 183 g/mol. The first-order chi connectivity index (χ1) is 5.81. The van der Waals surface area contributed by atoms with Crippen molar-refractivity contribution in [1.29, 1.82) is 0 Å². The third kappa shape index (κ3) is 1.07. The molecule has 62 valence electrons. The van der Waals surface area contributed by atoms with Gasteiger partial charge in [-0.1, -0.05) is 11.6 Å². The quantitative estimate of drug-likeness (QED) is 0.726. The number of imidazole rings is 1. The number of aliphatic hydroxyl groups is 1. The summed E-state index contributed by atoms with van der Waals surface area (Å²) in [7, 11) is 0. The monoisotopic (exact) mass is 182 g/mol. The van der Waals surface area contributed by atoms with Gasteiger partial charge in [0.2, 0.25) is 0 Å². The van der Waals surface area contributed by atoms with Gasteiger partial charge in [-0.15, -0.1) is 0 Å². The number of hydrogen-bond donors (Lipinski definition) is 1. The predicted octanol–water partition coefficient (Wildman–Crippen LogP) is 1.48. The zero-order valence-corrected chi connectivity index (χ0v) is 6.99. The molecule has 0 amide bonds. The summed E-state index contributed by atoms with van der Waals surface area (Å²) in [6.07, 6.45) is 5.14. The standard InChI is InChI=1S/C8H7ClN2O/c9-7-1-6(4-12)3-11-5-10-2-8(7)11/h1-3,5,12H,4H2. The number of hydrogen-bond acceptors (Lipinski definition) is 2. The Bertz CT molecular complexity index is 410. The summed E-state index contributed by atoms with van der Waals surface area (Å²) >= 11 is 5.91. The van der Waals surface area contributed by atoms with Crippen LogP contribution in [-0.2, 0) is 6.61 Å². The first kappa shape index (κ1) is 7.58. The molecule has 0 unspecified atom stereocenters. The van der Waals surface area contributed by atoms with Crippen LogP contribution in [0.3, 0.4) is 0 Å². The molecule has 0 spiro atoms. The molecule has 0 fully saturated rings. The Morgan fingerprint density at radius 1 is 1.58 bits per heavy atom. The maximum absolute atomic E-state index is 8.87. The van der Waals surface area contributed by atoms with E-state index in [-0.39, 0.29) is 6.61 Å². The molecule has 0 saturated carbocycles. The van der Waals surface area contributed by atoms with E-state index in [1.165, 1.54) is 0 Å². The van der Waals surface area contributed by atoms with Crippen LogP contribution in [0.15, 0.2) is 24.8 Å². The molecule has 0 aliphatic rings. The van der Waals surface area contributed by atoms with E-state index in [9.17, 15) is 0 Å². The minimum atomic E-state index is -0.00611. The van der Waals surface area contributed by atoms with Gasteiger partial charge in [-0.2, -0.15) is 0 Å². The van der Waals surface area contributed by atoms with Crippen LogP contribution >= 0.6 is 11.6 Å². The number of pyridine rings is 1. The molecule has 2 rings (SSSR count). The molecular weight excluding hydrogens is 176 g/mol. The van der Waals surface area contributed by atoms with Gasteiger partial charge in [0.05, 0.1) is 29.7 Å². The largest absolute Gasteiger partial charge is 0.392 e. The second kappa shape index (κ2) is 2.77. The molecule has 3 nitrogen and oxygen atoms in total. The van der Waals surface area contributed by atoms with Gasteiger partial charge in [-0.3, -0.25) is 0 Å². The van der Waals surface area contributed by atoms with Crippen molar-refractivity contribution < 1.29 is 5.11 Å². The number of aromatic nitrogens is 2. The fourth-order valence-corrected chi connectivity index (χ4v) is 1.42. The Morgan fingerprint density at radius 3 is 3.17 bits per heavy atom. The Hall–Kier alpha value is -1.06. The van der Waals surface area contributed by atoms with Crippen LogP contribution in [0.1, 0.15) is 5.56 Å². The fourth-order valence-electron chi connectivity index (χ4n) is 1.13. The fraction of sp³-hybridized carbons (Fsp3) is 0.125. The Kier molecular flexibility index (Phi) is 1.75. The molecule has 0 bridgehead atoms. The van der Waals surface area contributed by atoms with E-state index in [4.69, 9.17) is 16.7 Å². The van der Waals surface area contributed by atoms with E-state index >= 15 is 0 Å². The zero-order chi connectivity index (χ0) is 8.55. The van der Waals surface area contributed by atoms with Crippen LogP contribution < -0.4 is 0 Å². The maximum Gasteiger partial charge on any atom is 0.0992 e. The Labute approximate surface area is 74.2 Å². The maximum atomic E-state index is 8.87. The SMILES string of the molecule is OCc1cc(Cl)c2cncn2c1. The summed E-state index contributed by atoms with van der Waals surface area (Å²) in [5.74, 6) is 0. The molecule has 0 aliphatic carbocycles. The van der Waals surface area contributed by atoms with Gasteiger partial charge in [0, 0.05) is 6.20 Å². The van der Waals surface area contributed by atoms with E-state index in [0.717, 1.165) is 11.1 Å². The second-order valence-corrected chi connectivity index (χ2v) is 2.95. The summed E-state index contributed by atoms with van der Waals surface area (Å²) in [6, 6.07) is 1.73. The normalized spacial score (nSPS) is 10.8. The van der Waals surface area contributed by atoms with Crippen molar-refractivity contribution in [1.82, 2.24) is 9.38 Å². The van der Waals surface area contributed by atoms with E-state index in [2.05, 4.69) is 4.98 Å². The van der Waals surface area contributed by atoms with Crippen LogP contribution in [-0.4, -0.2) is 14.5 Å². The number of fused-ring (bicyclic) bond motifs is 1. The lowest BCUT2D eigenvalue weighted by Gasteiger charge is -2.00. The van der Waals surface area contributed by atoms with Gasteiger partial charge in [0.1, 0.15) is 0 Å². The first-order valence-corrected chi connectivity index (χ1v) is 3.90. The molecule has 0 aliphatic heterocycles. The van der Waals surface area contributed by atoms with E-state index in [0.29, 0.717) is 5.02 Å². The Morgan fingerprint density at radius 2 is 2.42 bits per heavy atom. The molecule has 2 heterocycles. The molecule has 2 aromatic rings. The first-order valence-electron chi connectivity index (χ1n) is 3.52. The summed E-state index contributed by atoms with van der Waals surface area (Å²) < 4.78 is 1.79. The number of aliphatic hydroxyl groups excluding tert-OH is 1. The summed E-state index contributed by atoms with van der Waals surface area (Å²) in [6.45, 7) is -0.00611. The van der Waals surface area contributed by atoms with Crippen molar-refractivity contribution in [2.24, 2.45) is 0 Å². The molecule has 2 aromatic heterocycles. The van der Waals surface area contributed by atoms with Crippen molar-refractivity contribution in [3.63, 3.8) is 0 Å². The summed E-state index contributed by atoms with van der Waals surface area (Å²) in [5, 5.41) is 9.48. The molecule has 0 saturated heterocycles. The topological polar surface area (TPSA) is 37.5 Å². The lowest BCUT2D eigenvalue weighted by Crippen LogP contribution is -1.89. The highest BCUT2D eigenvalue weighted by Gasteiger charge is 2.00. The molecular formula is C8H7ClN2O. The molecule has 0 atom stereocenters. The zero-order valence-electron chi connectivity index (χ0n) is 6.24. The van der Waals surface area contributed by atoms with Crippen molar-refractivity contribution in [2.75, 3.05) is 0 Å². The van der Waals surface area contributed by atoms with Gasteiger partial charge in [-0.05, 0) is 11.6 Å². The predicted molar refractivity (Wildman–Crippen MR) is 46.1 cm³/mol. The van der Waals surface area contributed by atoms with Crippen LogP contribution in [0.5, 0.6) is 0 Å². The van der Waals surface area contributed by atoms with Crippen LogP contribution in [0, 0.1) is 0 Å². The van der Waals surface area contributed by atoms with Gasteiger partial charge in [-0.25, -0.2) is 4.98 Å². The second-order valence-electron chi connectivity index (χ2n) is 2.54. The minimum Gasteiger partial charge on any atom is -0.392 e. The molecule has 1 N–H and O–H groups in total. The summed E-state index contributed by atoms with van der Waals surface area (Å²) in [5.41, 5.74) is 1.64. The van der Waals surface area contributed by atoms with Crippen molar-refractivity contribution in [3.05, 3.63) is 35.4 Å². The molecule has 0 aromatic carbocycles. The number of rotatable bonds is 1. The van der Waals surface area contributed by atoms with Crippen molar-refractivity contribution >= 4 is 17.1 Å². The highest BCUT2D eigenvalue weighted by atomic mass is 35.5. The van der Waals surface area contributed by atoms with Gasteiger partial charge >= 0.3 is 0 Å². The third-order valence-corrected chi connectivity index (χ3v) is 2.01. The number of nitrogens with zero attached hydrogens (tertiary/aromatic N) is 2. The number of halogens is 1. The lowest BCUT2D eigenvalue weighted by molar-refractivity contribution is 0.281. The van der Waals surface area contributed by atoms with E-state index < -0.39 is 0 Å². The van der Waals surface area contributed by atoms with Gasteiger partial charge in [0.25, 0.3) is 0 Å². The van der Waals surface area contributed by atoms with Crippen LogP contribution in [0.25, 0.3) is 5.52 Å². The van der Waals surface area contributed by atoms with E-state index in [1.807, 2.05) is 0 Å². The molecule has 12 heavy (non-hydrogen) atoms. The average Bonchev–Trinajstić information content (AvgIpc) is 2.52. The van der Waals surface area contributed by atoms with Crippen molar-refractivity contribution in [2.45, 2.75) is 6.61 Å². The van der Waals surface area contributed by atoms with Crippen LogP contribution in [0.2, 0.25) is 5.02 Å². The third-order valence-electron chi connectivity index (χ3n) is 1.71. The summed E-state index contributed by atoms with van der Waals surface area (Å²) in [4.78, 5) is 3.93. The molecule has 4 heteroatoms. The Balaban J connectivity index is 2.75.